The topological polar surface area (TPSA) is 38.0 Å². The fourth-order valence-corrected chi connectivity index (χ4v) is 7.00. The summed E-state index contributed by atoms with van der Waals surface area (Å²) in [6, 6.07) is 5.36. The second-order valence-corrected chi connectivity index (χ2v) is 10.8. The maximum absolute atomic E-state index is 7.11. The van der Waals surface area contributed by atoms with Crippen molar-refractivity contribution >= 4 is 12.4 Å². The van der Waals surface area contributed by atoms with Crippen LogP contribution in [0, 0.1) is 0 Å². The predicted octanol–water partition coefficient (Wildman–Crippen LogP) is 7.01. The Kier molecular flexibility index (Phi) is 7.48. The van der Waals surface area contributed by atoms with Crippen molar-refractivity contribution in [3.63, 3.8) is 0 Å². The van der Waals surface area contributed by atoms with Gasteiger partial charge in [0.05, 0.1) is 5.54 Å². The zero-order chi connectivity index (χ0) is 19.7. The third-order valence-electron chi connectivity index (χ3n) is 8.77. The maximum Gasteiger partial charge on any atom is 0.0667 e. The molecule has 0 radical (unpaired) electrons. The van der Waals surface area contributed by atoms with Crippen LogP contribution in [0.2, 0.25) is 0 Å². The molecule has 0 atom stereocenters. The van der Waals surface area contributed by atoms with Crippen LogP contribution in [0.3, 0.4) is 0 Å². The lowest BCUT2D eigenvalue weighted by molar-refractivity contribution is 0.276. The van der Waals surface area contributed by atoms with Gasteiger partial charge >= 0.3 is 0 Å². The molecule has 1 aliphatic heterocycles. The molecular formula is C27H43ClN2. The Labute approximate surface area is 190 Å². The summed E-state index contributed by atoms with van der Waals surface area (Å²) in [5, 5.41) is 3.51. The molecule has 4 aliphatic rings. The van der Waals surface area contributed by atoms with Crippen molar-refractivity contribution in [2.45, 2.75) is 120 Å². The molecule has 30 heavy (non-hydrogen) atoms. The van der Waals surface area contributed by atoms with E-state index in [2.05, 4.69) is 17.4 Å². The zero-order valence-corrected chi connectivity index (χ0v) is 19.7. The molecule has 0 amide bonds. The molecule has 0 spiro atoms. The molecular weight excluding hydrogens is 388 g/mol. The smallest absolute Gasteiger partial charge is 0.0667 e. The summed E-state index contributed by atoms with van der Waals surface area (Å²) in [4.78, 5) is 0. The molecule has 1 aromatic carbocycles. The molecule has 1 saturated heterocycles. The summed E-state index contributed by atoms with van der Waals surface area (Å²) in [6.45, 7) is 1.93. The maximum atomic E-state index is 7.11. The molecule has 1 aromatic rings. The number of nitrogens with one attached hydrogen (secondary N) is 1. The molecule has 168 valence electrons. The lowest BCUT2D eigenvalue weighted by atomic mass is 9.68. The van der Waals surface area contributed by atoms with Crippen LogP contribution in [0.1, 0.15) is 136 Å². The van der Waals surface area contributed by atoms with Crippen LogP contribution in [0.5, 0.6) is 0 Å². The summed E-state index contributed by atoms with van der Waals surface area (Å²) in [5.74, 6) is 2.31. The number of benzene rings is 1. The lowest BCUT2D eigenvalue weighted by Crippen LogP contribution is -2.63. The van der Waals surface area contributed by atoms with Crippen molar-refractivity contribution in [3.8, 4) is 0 Å². The molecule has 1 heterocycles. The van der Waals surface area contributed by atoms with Crippen LogP contribution < -0.4 is 11.1 Å². The van der Waals surface area contributed by atoms with Gasteiger partial charge in [0, 0.05) is 13.1 Å². The van der Waals surface area contributed by atoms with E-state index in [1.165, 1.54) is 96.3 Å². The fraction of sp³-hybridized carbons (Fsp3) is 0.778. The van der Waals surface area contributed by atoms with E-state index in [0.29, 0.717) is 0 Å². The van der Waals surface area contributed by atoms with Crippen molar-refractivity contribution < 1.29 is 0 Å². The van der Waals surface area contributed by atoms with Gasteiger partial charge in [-0.25, -0.2) is 0 Å². The molecule has 0 bridgehead atoms. The van der Waals surface area contributed by atoms with Crippen molar-refractivity contribution in [1.82, 2.24) is 5.32 Å². The highest BCUT2D eigenvalue weighted by molar-refractivity contribution is 5.85. The van der Waals surface area contributed by atoms with Gasteiger partial charge in [-0.05, 0) is 78.5 Å². The van der Waals surface area contributed by atoms with E-state index in [4.69, 9.17) is 5.73 Å². The van der Waals surface area contributed by atoms with Gasteiger partial charge in [-0.2, -0.15) is 0 Å². The van der Waals surface area contributed by atoms with Crippen molar-refractivity contribution in [3.05, 3.63) is 34.4 Å². The molecule has 5 rings (SSSR count). The first kappa shape index (κ1) is 22.6. The standard InChI is InChI=1S/C27H42N2.ClH/c28-27(18-29-19-27)26-24(21-12-6-2-7-13-21)16-23(20-10-4-1-5-11-20)17-25(26)22-14-8-3-9-15-22;/h16-17,20-22,29H,1-15,18-19,28H2;1H. The summed E-state index contributed by atoms with van der Waals surface area (Å²) >= 11 is 0. The Hall–Kier alpha value is -0.570. The van der Waals surface area contributed by atoms with Crippen LogP contribution in [-0.4, -0.2) is 13.1 Å². The van der Waals surface area contributed by atoms with E-state index >= 15 is 0 Å². The molecule has 2 nitrogen and oxygen atoms in total. The predicted molar refractivity (Wildman–Crippen MR) is 130 cm³/mol. The summed E-state index contributed by atoms with van der Waals surface area (Å²) in [7, 11) is 0. The van der Waals surface area contributed by atoms with Gasteiger partial charge in [0.1, 0.15) is 0 Å². The van der Waals surface area contributed by atoms with Crippen LogP contribution in [0.15, 0.2) is 12.1 Å². The molecule has 3 heteroatoms. The number of hydrogen-bond acceptors (Lipinski definition) is 2. The highest BCUT2D eigenvalue weighted by Crippen LogP contribution is 2.47. The normalized spacial score (nSPS) is 26.0. The highest BCUT2D eigenvalue weighted by atomic mass is 35.5. The number of halogens is 1. The van der Waals surface area contributed by atoms with Gasteiger partial charge < -0.3 is 11.1 Å². The highest BCUT2D eigenvalue weighted by Gasteiger charge is 2.41. The molecule has 0 unspecified atom stereocenters. The van der Waals surface area contributed by atoms with Gasteiger partial charge in [0.2, 0.25) is 0 Å². The van der Waals surface area contributed by atoms with Crippen molar-refractivity contribution in [2.75, 3.05) is 13.1 Å². The monoisotopic (exact) mass is 430 g/mol. The SMILES string of the molecule is Cl.NC1(c2c(C3CCCCC3)cc(C3CCCCC3)cc2C2CCCCC2)CNC1. The Morgan fingerprint density at radius 3 is 1.40 bits per heavy atom. The average Bonchev–Trinajstić information content (AvgIpc) is 2.78. The van der Waals surface area contributed by atoms with Gasteiger partial charge in [0.15, 0.2) is 0 Å². The Balaban J connectivity index is 0.00000218. The third-order valence-corrected chi connectivity index (χ3v) is 8.77. The fourth-order valence-electron chi connectivity index (χ4n) is 7.00. The number of rotatable bonds is 4. The van der Waals surface area contributed by atoms with Gasteiger partial charge in [0.25, 0.3) is 0 Å². The quantitative estimate of drug-likeness (QED) is 0.539. The Morgan fingerprint density at radius 1 is 0.633 bits per heavy atom. The van der Waals surface area contributed by atoms with E-state index in [0.717, 1.165) is 30.8 Å². The second-order valence-electron chi connectivity index (χ2n) is 10.8. The summed E-state index contributed by atoms with van der Waals surface area (Å²) in [5.41, 5.74) is 13.7. The average molecular weight is 431 g/mol. The number of nitrogens with two attached hydrogens (primary N) is 1. The minimum absolute atomic E-state index is 0. The van der Waals surface area contributed by atoms with Gasteiger partial charge in [-0.15, -0.1) is 12.4 Å². The Bertz CT molecular complexity index is 654. The first-order valence-corrected chi connectivity index (χ1v) is 12.9. The van der Waals surface area contributed by atoms with E-state index in [9.17, 15) is 0 Å². The zero-order valence-electron chi connectivity index (χ0n) is 18.9. The molecule has 0 aromatic heterocycles. The van der Waals surface area contributed by atoms with Crippen LogP contribution in [-0.2, 0) is 5.54 Å². The largest absolute Gasteiger partial charge is 0.319 e. The summed E-state index contributed by atoms with van der Waals surface area (Å²) < 4.78 is 0. The van der Waals surface area contributed by atoms with Crippen LogP contribution >= 0.6 is 12.4 Å². The van der Waals surface area contributed by atoms with Gasteiger partial charge in [-0.1, -0.05) is 69.9 Å². The first-order chi connectivity index (χ1) is 14.2. The minimum atomic E-state index is -0.120. The van der Waals surface area contributed by atoms with E-state index in [-0.39, 0.29) is 17.9 Å². The van der Waals surface area contributed by atoms with Crippen LogP contribution in [0.4, 0.5) is 0 Å². The molecule has 3 aliphatic carbocycles. The Morgan fingerprint density at radius 2 is 1.03 bits per heavy atom. The van der Waals surface area contributed by atoms with Crippen molar-refractivity contribution in [2.24, 2.45) is 5.73 Å². The van der Waals surface area contributed by atoms with E-state index in [1.54, 1.807) is 22.3 Å². The van der Waals surface area contributed by atoms with E-state index < -0.39 is 0 Å². The second kappa shape index (κ2) is 9.92. The minimum Gasteiger partial charge on any atom is -0.319 e. The van der Waals surface area contributed by atoms with Crippen LogP contribution in [0.25, 0.3) is 0 Å². The molecule has 4 fully saturated rings. The lowest BCUT2D eigenvalue weighted by Gasteiger charge is -2.45. The van der Waals surface area contributed by atoms with Crippen molar-refractivity contribution in [1.29, 1.82) is 0 Å². The number of hydrogen-bond donors (Lipinski definition) is 2. The van der Waals surface area contributed by atoms with E-state index in [1.807, 2.05) is 0 Å². The third kappa shape index (κ3) is 4.48. The van der Waals surface area contributed by atoms with Gasteiger partial charge in [-0.3, -0.25) is 0 Å². The molecule has 3 saturated carbocycles. The molecule has 3 N–H and O–H groups in total. The summed E-state index contributed by atoms with van der Waals surface area (Å²) in [6.07, 6.45) is 21.1. The first-order valence-electron chi connectivity index (χ1n) is 12.9.